The van der Waals surface area contributed by atoms with Crippen molar-refractivity contribution in [3.05, 3.63) is 12.7 Å². The minimum Gasteiger partial charge on any atom is -0.481 e. The molecule has 5 atom stereocenters. The summed E-state index contributed by atoms with van der Waals surface area (Å²) in [4.78, 5) is 23.6. The quantitative estimate of drug-likeness (QED) is 0.727. The van der Waals surface area contributed by atoms with Crippen molar-refractivity contribution in [2.45, 2.75) is 77.9 Å². The number of aliphatic carboxylic acids is 2. The van der Waals surface area contributed by atoms with E-state index in [4.69, 9.17) is 4.74 Å². The van der Waals surface area contributed by atoms with Crippen molar-refractivity contribution in [2.75, 3.05) is 0 Å². The molecule has 1 saturated heterocycles. The highest BCUT2D eigenvalue weighted by Gasteiger charge is 2.62. The number of carboxylic acid groups (broad SMARTS) is 2. The van der Waals surface area contributed by atoms with Gasteiger partial charge in [0.15, 0.2) is 0 Å². The van der Waals surface area contributed by atoms with E-state index in [1.165, 1.54) is 0 Å². The first-order chi connectivity index (χ1) is 11.3. The van der Waals surface area contributed by atoms with Crippen LogP contribution in [-0.4, -0.2) is 33.4 Å². The second-order valence-electron chi connectivity index (χ2n) is 9.22. The normalized spacial score (nSPS) is 41.6. The Hall–Kier alpha value is -1.36. The zero-order valence-corrected chi connectivity index (χ0v) is 16.1. The molecule has 0 amide bonds. The molecule has 1 saturated carbocycles. The van der Waals surface area contributed by atoms with Gasteiger partial charge in [-0.15, -0.1) is 6.58 Å². The van der Waals surface area contributed by atoms with Gasteiger partial charge < -0.3 is 14.9 Å². The number of ether oxygens (including phenoxy) is 1. The summed E-state index contributed by atoms with van der Waals surface area (Å²) in [6.45, 7) is 13.4. The molecule has 1 aliphatic heterocycles. The van der Waals surface area contributed by atoms with Crippen LogP contribution in [0.1, 0.15) is 66.7 Å². The van der Waals surface area contributed by atoms with Crippen molar-refractivity contribution in [1.82, 2.24) is 0 Å². The van der Waals surface area contributed by atoms with E-state index in [0.717, 1.165) is 19.3 Å². The Bertz CT molecular complexity index is 583. The van der Waals surface area contributed by atoms with Gasteiger partial charge in [0.05, 0.1) is 23.0 Å². The molecule has 1 heterocycles. The topological polar surface area (TPSA) is 83.8 Å². The van der Waals surface area contributed by atoms with Gasteiger partial charge in [0.25, 0.3) is 0 Å². The summed E-state index contributed by atoms with van der Waals surface area (Å²) < 4.78 is 6.45. The average molecular weight is 352 g/mol. The standard InChI is InChI=1S/C20H32O5/c1-7-18(4)10-8-14-19(5,12-15(21)22)13(17(2,3)16(23)24)9-11-20(14,6)25-18/h7,13-14H,1,8-12H2,2-6H3,(H,21,22)(H,23,24). The summed E-state index contributed by atoms with van der Waals surface area (Å²) in [5.41, 5.74) is -2.49. The zero-order valence-electron chi connectivity index (χ0n) is 16.1. The van der Waals surface area contributed by atoms with Crippen LogP contribution >= 0.6 is 0 Å². The van der Waals surface area contributed by atoms with Crippen molar-refractivity contribution in [3.63, 3.8) is 0 Å². The number of rotatable bonds is 5. The maximum Gasteiger partial charge on any atom is 0.309 e. The van der Waals surface area contributed by atoms with E-state index < -0.39 is 34.0 Å². The molecule has 0 bridgehead atoms. The highest BCUT2D eigenvalue weighted by atomic mass is 16.5. The predicted molar refractivity (Wildman–Crippen MR) is 95.3 cm³/mol. The first-order valence-electron chi connectivity index (χ1n) is 9.10. The van der Waals surface area contributed by atoms with Gasteiger partial charge >= 0.3 is 11.9 Å². The lowest BCUT2D eigenvalue weighted by atomic mass is 9.47. The minimum absolute atomic E-state index is 0.00139. The van der Waals surface area contributed by atoms with Crippen molar-refractivity contribution < 1.29 is 24.5 Å². The van der Waals surface area contributed by atoms with Gasteiger partial charge in [-0.05, 0) is 70.6 Å². The average Bonchev–Trinajstić information content (AvgIpc) is 2.44. The Balaban J connectivity index is 2.49. The molecule has 0 aromatic carbocycles. The molecule has 2 rings (SSSR count). The highest BCUT2D eigenvalue weighted by Crippen LogP contribution is 2.62. The molecule has 0 spiro atoms. The van der Waals surface area contributed by atoms with Gasteiger partial charge in [-0.3, -0.25) is 9.59 Å². The van der Waals surface area contributed by atoms with E-state index in [1.807, 2.05) is 19.9 Å². The van der Waals surface area contributed by atoms with E-state index in [9.17, 15) is 19.8 Å². The Morgan fingerprint density at radius 3 is 2.28 bits per heavy atom. The fourth-order valence-electron chi connectivity index (χ4n) is 5.70. The number of hydrogen-bond acceptors (Lipinski definition) is 3. The van der Waals surface area contributed by atoms with Gasteiger partial charge in [-0.2, -0.15) is 0 Å². The third-order valence-electron chi connectivity index (χ3n) is 7.04. The van der Waals surface area contributed by atoms with E-state index in [1.54, 1.807) is 13.8 Å². The Morgan fingerprint density at radius 2 is 1.80 bits per heavy atom. The molecule has 2 fully saturated rings. The lowest BCUT2D eigenvalue weighted by molar-refractivity contribution is -0.247. The molecule has 25 heavy (non-hydrogen) atoms. The van der Waals surface area contributed by atoms with Gasteiger partial charge in [0.2, 0.25) is 0 Å². The number of carboxylic acids is 2. The Labute approximate surface area is 150 Å². The zero-order chi connectivity index (χ0) is 19.3. The summed E-state index contributed by atoms with van der Waals surface area (Å²) >= 11 is 0. The summed E-state index contributed by atoms with van der Waals surface area (Å²) in [6.07, 6.45) is 4.75. The van der Waals surface area contributed by atoms with Crippen LogP contribution in [0.15, 0.2) is 12.7 Å². The molecular formula is C20H32O5. The van der Waals surface area contributed by atoms with Crippen molar-refractivity contribution in [2.24, 2.45) is 22.7 Å². The Kier molecular flexibility index (Phi) is 4.88. The van der Waals surface area contributed by atoms with Crippen molar-refractivity contribution >= 4 is 11.9 Å². The summed E-state index contributed by atoms with van der Waals surface area (Å²) in [7, 11) is 0. The molecule has 1 aliphatic carbocycles. The van der Waals surface area contributed by atoms with Gasteiger partial charge in [0, 0.05) is 0 Å². The number of fused-ring (bicyclic) bond motifs is 1. The molecule has 5 nitrogen and oxygen atoms in total. The highest BCUT2D eigenvalue weighted by molar-refractivity contribution is 5.75. The largest absolute Gasteiger partial charge is 0.481 e. The smallest absolute Gasteiger partial charge is 0.309 e. The maximum absolute atomic E-state index is 11.9. The fourth-order valence-corrected chi connectivity index (χ4v) is 5.70. The molecule has 5 heteroatoms. The Morgan fingerprint density at radius 1 is 1.20 bits per heavy atom. The number of carbonyl (C=O) groups is 2. The van der Waals surface area contributed by atoms with Crippen LogP contribution in [0.3, 0.4) is 0 Å². The predicted octanol–water partition coefficient (Wildman–Crippen LogP) is 4.12. The van der Waals surface area contributed by atoms with Gasteiger partial charge in [-0.1, -0.05) is 13.0 Å². The van der Waals surface area contributed by atoms with Crippen LogP contribution in [0.5, 0.6) is 0 Å². The molecule has 0 radical (unpaired) electrons. The number of hydrogen-bond donors (Lipinski definition) is 2. The van der Waals surface area contributed by atoms with E-state index >= 15 is 0 Å². The molecule has 142 valence electrons. The van der Waals surface area contributed by atoms with Gasteiger partial charge in [-0.25, -0.2) is 0 Å². The monoisotopic (exact) mass is 352 g/mol. The van der Waals surface area contributed by atoms with Crippen molar-refractivity contribution in [1.29, 1.82) is 0 Å². The van der Waals surface area contributed by atoms with Gasteiger partial charge in [0.1, 0.15) is 0 Å². The fraction of sp³-hybridized carbons (Fsp3) is 0.800. The summed E-state index contributed by atoms with van der Waals surface area (Å²) in [5.74, 6) is -1.97. The summed E-state index contributed by atoms with van der Waals surface area (Å²) in [6, 6.07) is 0. The van der Waals surface area contributed by atoms with Crippen molar-refractivity contribution in [3.8, 4) is 0 Å². The maximum atomic E-state index is 11.9. The summed E-state index contributed by atoms with van der Waals surface area (Å²) in [5, 5.41) is 19.3. The van der Waals surface area contributed by atoms with Crippen LogP contribution in [0.2, 0.25) is 0 Å². The first kappa shape index (κ1) is 20.0. The van der Waals surface area contributed by atoms with Crippen LogP contribution in [-0.2, 0) is 14.3 Å². The molecule has 0 aromatic heterocycles. The van der Waals surface area contributed by atoms with E-state index in [-0.39, 0.29) is 18.3 Å². The third kappa shape index (κ3) is 3.23. The minimum atomic E-state index is -0.981. The lowest BCUT2D eigenvalue weighted by Crippen LogP contribution is -2.62. The van der Waals surface area contributed by atoms with Crippen LogP contribution in [0, 0.1) is 22.7 Å². The second-order valence-corrected chi connectivity index (χ2v) is 9.22. The van der Waals surface area contributed by atoms with E-state index in [0.29, 0.717) is 6.42 Å². The van der Waals surface area contributed by atoms with Crippen LogP contribution < -0.4 is 0 Å². The molecule has 2 N–H and O–H groups in total. The molecular weight excluding hydrogens is 320 g/mol. The lowest BCUT2D eigenvalue weighted by Gasteiger charge is -2.62. The molecule has 0 aromatic rings. The SMILES string of the molecule is C=CC1(C)CCC2C(C)(CCC(C(C)(C)C(=O)O)C2(C)CC(=O)O)O1. The molecule has 5 unspecified atom stereocenters. The van der Waals surface area contributed by atoms with Crippen LogP contribution in [0.4, 0.5) is 0 Å². The molecule has 2 aliphatic rings. The second kappa shape index (κ2) is 6.11. The first-order valence-corrected chi connectivity index (χ1v) is 9.10. The van der Waals surface area contributed by atoms with Crippen LogP contribution in [0.25, 0.3) is 0 Å². The van der Waals surface area contributed by atoms with E-state index in [2.05, 4.69) is 13.5 Å². The third-order valence-corrected chi connectivity index (χ3v) is 7.04.